The lowest BCUT2D eigenvalue weighted by atomic mass is 9.90. The standard InChI is InChI=1S/C29H21NO4/c31-24-15-14-18-8-4-6-12-22(18)25(24)26-23-13-7-5-11-20(23)16-21(28(26)32)17-30-27(29(33)34)19-9-2-1-3-10-19/h1-17,27,31-32H,(H,33,34)/t27-/m0/s1. The molecule has 0 amide bonds. The number of hydrogen-bond donors (Lipinski definition) is 3. The van der Waals surface area contributed by atoms with Crippen LogP contribution in [0.2, 0.25) is 0 Å². The monoisotopic (exact) mass is 447 g/mol. The van der Waals surface area contributed by atoms with Crippen molar-refractivity contribution in [2.24, 2.45) is 4.99 Å². The van der Waals surface area contributed by atoms with Crippen molar-refractivity contribution in [1.29, 1.82) is 0 Å². The van der Waals surface area contributed by atoms with E-state index in [1.54, 1.807) is 36.4 Å². The Hall–Kier alpha value is -4.64. The van der Waals surface area contributed by atoms with E-state index in [0.717, 1.165) is 21.5 Å². The number of aromatic hydroxyl groups is 2. The van der Waals surface area contributed by atoms with Crippen molar-refractivity contribution in [3.05, 3.63) is 108 Å². The Balaban J connectivity index is 1.75. The largest absolute Gasteiger partial charge is 0.507 e. The first-order chi connectivity index (χ1) is 16.5. The quantitative estimate of drug-likeness (QED) is 0.275. The number of hydrogen-bond acceptors (Lipinski definition) is 4. The number of phenolic OH excluding ortho intramolecular Hbond substituents is 2. The molecule has 5 nitrogen and oxygen atoms in total. The molecule has 0 aliphatic heterocycles. The molecule has 0 spiro atoms. The molecule has 0 bridgehead atoms. The lowest BCUT2D eigenvalue weighted by molar-refractivity contribution is -0.138. The van der Waals surface area contributed by atoms with Crippen LogP contribution < -0.4 is 0 Å². The number of aliphatic imine (C=N–C) groups is 1. The third-order valence-electron chi connectivity index (χ3n) is 5.92. The fourth-order valence-corrected chi connectivity index (χ4v) is 4.32. The van der Waals surface area contributed by atoms with Gasteiger partial charge in [0.05, 0.1) is 0 Å². The lowest BCUT2D eigenvalue weighted by Gasteiger charge is -2.16. The van der Waals surface area contributed by atoms with Crippen LogP contribution in [0.4, 0.5) is 0 Å². The van der Waals surface area contributed by atoms with Gasteiger partial charge in [0, 0.05) is 22.9 Å². The number of nitrogens with zero attached hydrogens (tertiary/aromatic N) is 1. The summed E-state index contributed by atoms with van der Waals surface area (Å²) < 4.78 is 0. The second kappa shape index (κ2) is 8.71. The Labute approximate surface area is 195 Å². The van der Waals surface area contributed by atoms with E-state index in [1.807, 2.05) is 60.7 Å². The zero-order valence-corrected chi connectivity index (χ0v) is 18.1. The Morgan fingerprint density at radius 1 is 0.735 bits per heavy atom. The maximum absolute atomic E-state index is 11.9. The molecule has 0 aliphatic carbocycles. The minimum Gasteiger partial charge on any atom is -0.507 e. The summed E-state index contributed by atoms with van der Waals surface area (Å²) in [6.07, 6.45) is 1.39. The number of aliphatic carboxylic acids is 1. The highest BCUT2D eigenvalue weighted by Gasteiger charge is 2.21. The van der Waals surface area contributed by atoms with Crippen LogP contribution in [0.1, 0.15) is 17.2 Å². The molecule has 0 saturated carbocycles. The van der Waals surface area contributed by atoms with Crippen molar-refractivity contribution in [3.8, 4) is 22.6 Å². The van der Waals surface area contributed by atoms with Crippen molar-refractivity contribution in [2.45, 2.75) is 6.04 Å². The number of carbonyl (C=O) groups is 1. The highest BCUT2D eigenvalue weighted by atomic mass is 16.4. The Morgan fingerprint density at radius 3 is 2.06 bits per heavy atom. The van der Waals surface area contributed by atoms with Crippen molar-refractivity contribution >= 4 is 33.7 Å². The summed E-state index contributed by atoms with van der Waals surface area (Å²) >= 11 is 0. The van der Waals surface area contributed by atoms with Gasteiger partial charge in [0.15, 0.2) is 6.04 Å². The topological polar surface area (TPSA) is 90.1 Å². The molecule has 0 radical (unpaired) electrons. The number of phenols is 2. The SMILES string of the molecule is O=C(O)[C@@H](N=Cc1cc2ccccc2c(-c2c(O)ccc3ccccc23)c1O)c1ccccc1. The molecule has 5 aromatic rings. The van der Waals surface area contributed by atoms with Crippen LogP contribution in [0.15, 0.2) is 102 Å². The minimum absolute atomic E-state index is 0.0425. The van der Waals surface area contributed by atoms with E-state index in [9.17, 15) is 20.1 Å². The zero-order chi connectivity index (χ0) is 23.7. The molecule has 166 valence electrons. The maximum atomic E-state index is 11.9. The molecule has 1 atom stereocenters. The van der Waals surface area contributed by atoms with Gasteiger partial charge in [-0.15, -0.1) is 0 Å². The molecule has 5 aromatic carbocycles. The predicted molar refractivity (Wildman–Crippen MR) is 135 cm³/mol. The minimum atomic E-state index is -1.11. The molecule has 34 heavy (non-hydrogen) atoms. The lowest BCUT2D eigenvalue weighted by Crippen LogP contribution is -2.09. The first-order valence-electron chi connectivity index (χ1n) is 10.8. The van der Waals surface area contributed by atoms with Crippen LogP contribution >= 0.6 is 0 Å². The molecule has 0 aromatic heterocycles. The molecular weight excluding hydrogens is 426 g/mol. The van der Waals surface area contributed by atoms with E-state index in [1.165, 1.54) is 6.21 Å². The normalized spacial score (nSPS) is 12.4. The maximum Gasteiger partial charge on any atom is 0.333 e. The summed E-state index contributed by atoms with van der Waals surface area (Å²) in [6, 6.07) is 28.0. The van der Waals surface area contributed by atoms with Crippen LogP contribution in [-0.2, 0) is 4.79 Å². The first kappa shape index (κ1) is 21.2. The van der Waals surface area contributed by atoms with E-state index in [0.29, 0.717) is 22.3 Å². The third kappa shape index (κ3) is 3.73. The van der Waals surface area contributed by atoms with E-state index in [-0.39, 0.29) is 11.5 Å². The van der Waals surface area contributed by atoms with Gasteiger partial charge in [-0.1, -0.05) is 84.9 Å². The molecule has 5 heteroatoms. The molecule has 3 N–H and O–H groups in total. The second-order valence-electron chi connectivity index (χ2n) is 8.02. The summed E-state index contributed by atoms with van der Waals surface area (Å²) in [5.74, 6) is -1.12. The molecule has 5 rings (SSSR count). The van der Waals surface area contributed by atoms with E-state index < -0.39 is 12.0 Å². The van der Waals surface area contributed by atoms with Crippen molar-refractivity contribution in [3.63, 3.8) is 0 Å². The van der Waals surface area contributed by atoms with Crippen molar-refractivity contribution < 1.29 is 20.1 Å². The molecule has 0 unspecified atom stereocenters. The number of carboxylic acid groups (broad SMARTS) is 1. The van der Waals surface area contributed by atoms with Gasteiger partial charge in [0.25, 0.3) is 0 Å². The van der Waals surface area contributed by atoms with Gasteiger partial charge in [-0.3, -0.25) is 4.99 Å². The van der Waals surface area contributed by atoms with E-state index in [4.69, 9.17) is 0 Å². The van der Waals surface area contributed by atoms with Crippen LogP contribution in [0.25, 0.3) is 32.7 Å². The van der Waals surface area contributed by atoms with Gasteiger partial charge in [0.1, 0.15) is 11.5 Å². The Bertz CT molecular complexity index is 1560. The van der Waals surface area contributed by atoms with Crippen LogP contribution in [-0.4, -0.2) is 27.5 Å². The van der Waals surface area contributed by atoms with E-state index >= 15 is 0 Å². The zero-order valence-electron chi connectivity index (χ0n) is 18.1. The number of rotatable bonds is 5. The molecule has 0 heterocycles. The van der Waals surface area contributed by atoms with Gasteiger partial charge >= 0.3 is 5.97 Å². The summed E-state index contributed by atoms with van der Waals surface area (Å²) in [6.45, 7) is 0. The van der Waals surface area contributed by atoms with Crippen LogP contribution in [0.5, 0.6) is 11.5 Å². The van der Waals surface area contributed by atoms with Crippen LogP contribution in [0, 0.1) is 0 Å². The van der Waals surface area contributed by atoms with Gasteiger partial charge in [-0.2, -0.15) is 0 Å². The Morgan fingerprint density at radius 2 is 1.35 bits per heavy atom. The van der Waals surface area contributed by atoms with Crippen molar-refractivity contribution in [1.82, 2.24) is 0 Å². The van der Waals surface area contributed by atoms with Gasteiger partial charge in [0.2, 0.25) is 0 Å². The average molecular weight is 447 g/mol. The number of carboxylic acids is 1. The predicted octanol–water partition coefficient (Wildman–Crippen LogP) is 6.32. The summed E-state index contributed by atoms with van der Waals surface area (Å²) in [4.78, 5) is 16.2. The molecular formula is C29H21NO4. The van der Waals surface area contributed by atoms with Crippen molar-refractivity contribution in [2.75, 3.05) is 0 Å². The fraction of sp³-hybridized carbons (Fsp3) is 0.0345. The van der Waals surface area contributed by atoms with E-state index in [2.05, 4.69) is 4.99 Å². The first-order valence-corrected chi connectivity index (χ1v) is 10.8. The molecule has 0 fully saturated rings. The molecule has 0 aliphatic rings. The number of fused-ring (bicyclic) bond motifs is 2. The molecule has 0 saturated heterocycles. The van der Waals surface area contributed by atoms with Gasteiger partial charge in [-0.25, -0.2) is 4.79 Å². The fourth-order valence-electron chi connectivity index (χ4n) is 4.32. The highest BCUT2D eigenvalue weighted by Crippen LogP contribution is 2.45. The smallest absolute Gasteiger partial charge is 0.333 e. The Kier molecular flexibility index (Phi) is 5.44. The average Bonchev–Trinajstić information content (AvgIpc) is 2.86. The number of benzene rings is 5. The summed E-state index contributed by atoms with van der Waals surface area (Å²) in [7, 11) is 0. The third-order valence-corrected chi connectivity index (χ3v) is 5.92. The van der Waals surface area contributed by atoms with Crippen LogP contribution in [0.3, 0.4) is 0 Å². The van der Waals surface area contributed by atoms with Gasteiger partial charge in [-0.05, 0) is 39.2 Å². The highest BCUT2D eigenvalue weighted by molar-refractivity contribution is 6.12. The summed E-state index contributed by atoms with van der Waals surface area (Å²) in [5.41, 5.74) is 1.89. The van der Waals surface area contributed by atoms with Gasteiger partial charge < -0.3 is 15.3 Å². The summed E-state index contributed by atoms with van der Waals surface area (Å²) in [5, 5.41) is 35.3. The second-order valence-corrected chi connectivity index (χ2v) is 8.02.